The van der Waals surface area contributed by atoms with Crippen molar-refractivity contribution in [2.75, 3.05) is 0 Å². The lowest BCUT2D eigenvalue weighted by molar-refractivity contribution is -0.143. The monoisotopic (exact) mass is 463 g/mol. The van der Waals surface area contributed by atoms with Crippen molar-refractivity contribution in [3.05, 3.63) is 113 Å². The number of allylic oxidation sites excluding steroid dienone is 2. The highest BCUT2D eigenvalue weighted by molar-refractivity contribution is 8.04. The molecule has 1 aliphatic carbocycles. The zero-order chi connectivity index (χ0) is 23.1. The first-order valence-electron chi connectivity index (χ1n) is 11.1. The van der Waals surface area contributed by atoms with Crippen LogP contribution in [0.3, 0.4) is 0 Å². The number of aryl methyl sites for hydroxylation is 1. The van der Waals surface area contributed by atoms with Gasteiger partial charge < -0.3 is 4.74 Å². The maximum atomic E-state index is 13.2. The van der Waals surface area contributed by atoms with E-state index in [4.69, 9.17) is 14.8 Å². The molecule has 0 saturated carbocycles. The summed E-state index contributed by atoms with van der Waals surface area (Å²) in [5.41, 5.74) is 4.49. The second-order valence-electron chi connectivity index (χ2n) is 8.25. The predicted molar refractivity (Wildman–Crippen MR) is 134 cm³/mol. The molecule has 3 heterocycles. The maximum Gasteiger partial charge on any atom is 0.345 e. The maximum absolute atomic E-state index is 13.2. The van der Waals surface area contributed by atoms with Crippen LogP contribution in [0.25, 0.3) is 22.3 Å². The zero-order valence-electron chi connectivity index (χ0n) is 18.5. The van der Waals surface area contributed by atoms with E-state index in [-0.39, 0.29) is 18.0 Å². The molecule has 2 aliphatic rings. The number of carbonyl (C=O) groups is 1. The standard InChI is InChI=1S/C28H21N3O2S/c1-18-23-16-19(17-29-27(23)31(30-18)20-10-4-2-5-11-20)25-22-14-8-9-15-24(22)33-28(32)26(25)34-21-12-6-3-7-13-21/h2-17,22,24H,1H3. The summed E-state index contributed by atoms with van der Waals surface area (Å²) >= 11 is 1.44. The Morgan fingerprint density at radius 1 is 0.971 bits per heavy atom. The quantitative estimate of drug-likeness (QED) is 0.353. The van der Waals surface area contributed by atoms with Crippen molar-refractivity contribution in [2.24, 2.45) is 5.92 Å². The first-order valence-corrected chi connectivity index (χ1v) is 11.9. The minimum Gasteiger partial charge on any atom is -0.453 e. The number of nitrogens with zero attached hydrogens (tertiary/aromatic N) is 3. The van der Waals surface area contributed by atoms with Crippen molar-refractivity contribution in [3.63, 3.8) is 0 Å². The van der Waals surface area contributed by atoms with Crippen molar-refractivity contribution >= 4 is 34.3 Å². The van der Waals surface area contributed by atoms with Crippen LogP contribution in [0.2, 0.25) is 0 Å². The van der Waals surface area contributed by atoms with Gasteiger partial charge in [-0.05, 0) is 54.5 Å². The molecule has 2 unspecified atom stereocenters. The lowest BCUT2D eigenvalue weighted by atomic mass is 9.84. The number of pyridine rings is 1. The van der Waals surface area contributed by atoms with Crippen molar-refractivity contribution < 1.29 is 9.53 Å². The molecule has 6 heteroatoms. The summed E-state index contributed by atoms with van der Waals surface area (Å²) in [6.07, 6.45) is 9.51. The number of aromatic nitrogens is 3. The van der Waals surface area contributed by atoms with Crippen LogP contribution in [0.15, 0.2) is 107 Å². The summed E-state index contributed by atoms with van der Waals surface area (Å²) in [5, 5.41) is 5.71. The molecule has 0 fully saturated rings. The smallest absolute Gasteiger partial charge is 0.345 e. The Labute approximate surface area is 201 Å². The number of rotatable bonds is 4. The van der Waals surface area contributed by atoms with E-state index in [0.717, 1.165) is 38.4 Å². The summed E-state index contributed by atoms with van der Waals surface area (Å²) in [5.74, 6) is -0.375. The predicted octanol–water partition coefficient (Wildman–Crippen LogP) is 5.90. The molecule has 5 nitrogen and oxygen atoms in total. The van der Waals surface area contributed by atoms with Gasteiger partial charge in [-0.15, -0.1) is 0 Å². The highest BCUT2D eigenvalue weighted by Gasteiger charge is 2.37. The van der Waals surface area contributed by atoms with Crippen LogP contribution >= 0.6 is 11.8 Å². The van der Waals surface area contributed by atoms with Crippen LogP contribution in [0.1, 0.15) is 11.3 Å². The molecule has 2 aromatic carbocycles. The second kappa shape index (κ2) is 8.47. The van der Waals surface area contributed by atoms with E-state index in [1.54, 1.807) is 0 Å². The van der Waals surface area contributed by atoms with Gasteiger partial charge in [0.15, 0.2) is 5.65 Å². The van der Waals surface area contributed by atoms with Gasteiger partial charge in [0.25, 0.3) is 0 Å². The van der Waals surface area contributed by atoms with E-state index >= 15 is 0 Å². The third-order valence-electron chi connectivity index (χ3n) is 6.07. The summed E-state index contributed by atoms with van der Waals surface area (Å²) < 4.78 is 7.67. The van der Waals surface area contributed by atoms with E-state index in [9.17, 15) is 4.79 Å². The van der Waals surface area contributed by atoms with Gasteiger partial charge in [0.1, 0.15) is 11.0 Å². The topological polar surface area (TPSA) is 57.0 Å². The molecule has 4 aromatic rings. The number of ether oxygens (including phenoxy) is 1. The van der Waals surface area contributed by atoms with Gasteiger partial charge in [-0.1, -0.05) is 66.4 Å². The number of esters is 1. The lowest BCUT2D eigenvalue weighted by Gasteiger charge is -2.33. The Kier molecular flexibility index (Phi) is 5.15. The lowest BCUT2D eigenvalue weighted by Crippen LogP contribution is -2.32. The van der Waals surface area contributed by atoms with Gasteiger partial charge in [0.05, 0.1) is 11.4 Å². The van der Waals surface area contributed by atoms with E-state index < -0.39 is 0 Å². The van der Waals surface area contributed by atoms with Gasteiger partial charge in [0, 0.05) is 22.4 Å². The molecule has 0 N–H and O–H groups in total. The number of hydrogen-bond donors (Lipinski definition) is 0. The third-order valence-corrected chi connectivity index (χ3v) is 7.17. The van der Waals surface area contributed by atoms with Crippen LogP contribution < -0.4 is 0 Å². The molecule has 0 bridgehead atoms. The Morgan fingerprint density at radius 3 is 2.50 bits per heavy atom. The molecule has 0 amide bonds. The third kappa shape index (κ3) is 3.56. The zero-order valence-corrected chi connectivity index (χ0v) is 19.3. The Morgan fingerprint density at radius 2 is 1.71 bits per heavy atom. The Balaban J connectivity index is 1.53. The molecule has 0 saturated heterocycles. The van der Waals surface area contributed by atoms with E-state index in [1.807, 2.05) is 96.7 Å². The van der Waals surface area contributed by atoms with E-state index in [0.29, 0.717) is 4.91 Å². The Hall–Kier alpha value is -3.90. The van der Waals surface area contributed by atoms with Crippen LogP contribution in [0.4, 0.5) is 0 Å². The van der Waals surface area contributed by atoms with Crippen molar-refractivity contribution in [1.82, 2.24) is 14.8 Å². The van der Waals surface area contributed by atoms with Gasteiger partial charge in [-0.25, -0.2) is 14.5 Å². The summed E-state index contributed by atoms with van der Waals surface area (Å²) in [7, 11) is 0. The summed E-state index contributed by atoms with van der Waals surface area (Å²) in [6.45, 7) is 1.99. The SMILES string of the molecule is Cc1nn(-c2ccccc2)c2ncc(C3=C(Sc4ccccc4)C(=O)OC4C=CC=CC34)cc12. The van der Waals surface area contributed by atoms with Crippen LogP contribution in [0, 0.1) is 12.8 Å². The minimum atomic E-state index is -0.323. The van der Waals surface area contributed by atoms with Crippen LogP contribution in [0.5, 0.6) is 0 Å². The van der Waals surface area contributed by atoms with Gasteiger partial charge in [-0.2, -0.15) is 5.10 Å². The number of hydrogen-bond acceptors (Lipinski definition) is 5. The number of para-hydroxylation sites is 1. The van der Waals surface area contributed by atoms with E-state index in [1.165, 1.54) is 11.8 Å². The average molecular weight is 464 g/mol. The number of fused-ring (bicyclic) bond motifs is 2. The van der Waals surface area contributed by atoms with Gasteiger partial charge in [0.2, 0.25) is 0 Å². The average Bonchev–Trinajstić information content (AvgIpc) is 3.21. The largest absolute Gasteiger partial charge is 0.453 e. The minimum absolute atomic E-state index is 0.0716. The fraction of sp³-hybridized carbons (Fsp3) is 0.107. The molecule has 2 atom stereocenters. The molecule has 6 rings (SSSR count). The molecule has 2 aromatic heterocycles. The van der Waals surface area contributed by atoms with E-state index in [2.05, 4.69) is 12.1 Å². The number of carbonyl (C=O) groups excluding carboxylic acids is 1. The molecule has 0 spiro atoms. The van der Waals surface area contributed by atoms with Crippen molar-refractivity contribution in [2.45, 2.75) is 17.9 Å². The second-order valence-corrected chi connectivity index (χ2v) is 9.34. The fourth-order valence-corrected chi connectivity index (χ4v) is 5.49. The summed E-state index contributed by atoms with van der Waals surface area (Å²) in [4.78, 5) is 19.6. The van der Waals surface area contributed by atoms with Crippen LogP contribution in [-0.2, 0) is 9.53 Å². The van der Waals surface area contributed by atoms with Crippen molar-refractivity contribution in [1.29, 1.82) is 0 Å². The van der Waals surface area contributed by atoms with Crippen LogP contribution in [-0.4, -0.2) is 26.8 Å². The van der Waals surface area contributed by atoms with Crippen molar-refractivity contribution in [3.8, 4) is 5.69 Å². The van der Waals surface area contributed by atoms with Gasteiger partial charge >= 0.3 is 5.97 Å². The molecular formula is C28H21N3O2S. The molecule has 34 heavy (non-hydrogen) atoms. The first kappa shape index (κ1) is 20.7. The summed E-state index contributed by atoms with van der Waals surface area (Å²) in [6, 6.07) is 22.0. The Bertz CT molecular complexity index is 1490. The molecule has 166 valence electrons. The first-order chi connectivity index (χ1) is 16.7. The van der Waals surface area contributed by atoms with Gasteiger partial charge in [-0.3, -0.25) is 0 Å². The molecule has 1 aliphatic heterocycles. The number of benzene rings is 2. The number of thioether (sulfide) groups is 1. The molecule has 0 radical (unpaired) electrons. The highest BCUT2D eigenvalue weighted by atomic mass is 32.2. The highest BCUT2D eigenvalue weighted by Crippen LogP contribution is 2.44. The fourth-order valence-electron chi connectivity index (χ4n) is 4.47. The molecular weight excluding hydrogens is 442 g/mol. The normalized spacial score (nSPS) is 19.4.